The lowest BCUT2D eigenvalue weighted by molar-refractivity contribution is 0.0189. The van der Waals surface area contributed by atoms with Gasteiger partial charge in [0, 0.05) is 12.1 Å². The molecule has 0 fully saturated rings. The van der Waals surface area contributed by atoms with Crippen LogP contribution in [0.15, 0.2) is 34.7 Å². The van der Waals surface area contributed by atoms with Gasteiger partial charge in [0.2, 0.25) is 0 Å². The van der Waals surface area contributed by atoms with Crippen molar-refractivity contribution >= 4 is 0 Å². The Labute approximate surface area is 119 Å². The Morgan fingerprint density at radius 3 is 3.00 bits per heavy atom. The van der Waals surface area contributed by atoms with Gasteiger partial charge in [0.05, 0.1) is 6.10 Å². The highest BCUT2D eigenvalue weighted by atomic mass is 16.5. The number of hydrogen-bond donors (Lipinski definition) is 1. The van der Waals surface area contributed by atoms with E-state index in [9.17, 15) is 0 Å². The molecule has 1 aromatic heterocycles. The molecule has 0 aliphatic heterocycles. The number of rotatable bonds is 4. The summed E-state index contributed by atoms with van der Waals surface area (Å²) in [7, 11) is 0. The van der Waals surface area contributed by atoms with Crippen molar-refractivity contribution in [2.75, 3.05) is 0 Å². The van der Waals surface area contributed by atoms with Crippen LogP contribution in [0.1, 0.15) is 47.2 Å². The molecule has 1 unspecified atom stereocenters. The van der Waals surface area contributed by atoms with Crippen LogP contribution in [0.25, 0.3) is 0 Å². The van der Waals surface area contributed by atoms with Crippen molar-refractivity contribution in [1.82, 2.24) is 0 Å². The molecular weight excluding hydrogens is 250 g/mol. The minimum absolute atomic E-state index is 0.187. The smallest absolute Gasteiger partial charge is 0.130 e. The molecule has 0 amide bonds. The van der Waals surface area contributed by atoms with Crippen LogP contribution >= 0.6 is 0 Å². The van der Waals surface area contributed by atoms with E-state index in [-0.39, 0.29) is 6.10 Å². The van der Waals surface area contributed by atoms with Crippen molar-refractivity contribution < 1.29 is 9.15 Å². The highest BCUT2D eigenvalue weighted by molar-refractivity contribution is 5.31. The van der Waals surface area contributed by atoms with Gasteiger partial charge in [-0.05, 0) is 43.4 Å². The quantitative estimate of drug-likeness (QED) is 0.923. The molecule has 0 spiro atoms. The van der Waals surface area contributed by atoms with Crippen molar-refractivity contribution in [3.63, 3.8) is 0 Å². The molecule has 1 aliphatic carbocycles. The summed E-state index contributed by atoms with van der Waals surface area (Å²) in [5.41, 5.74) is 9.48. The number of aryl methyl sites for hydroxylation is 2. The minimum Gasteiger partial charge on any atom is -0.464 e. The molecule has 0 bridgehead atoms. The number of fused-ring (bicyclic) bond motifs is 1. The van der Waals surface area contributed by atoms with Crippen molar-refractivity contribution in [2.24, 2.45) is 5.73 Å². The van der Waals surface area contributed by atoms with Crippen molar-refractivity contribution in [3.05, 3.63) is 58.5 Å². The van der Waals surface area contributed by atoms with Gasteiger partial charge in [-0.2, -0.15) is 0 Å². The average Bonchev–Trinajstić information content (AvgIpc) is 2.85. The fraction of sp³-hybridized carbons (Fsp3) is 0.412. The number of benzene rings is 1. The summed E-state index contributed by atoms with van der Waals surface area (Å²) >= 11 is 0. The average molecular weight is 271 g/mol. The zero-order chi connectivity index (χ0) is 13.9. The Morgan fingerprint density at radius 1 is 1.35 bits per heavy atom. The molecule has 1 aliphatic rings. The Balaban J connectivity index is 1.70. The molecule has 3 heteroatoms. The Hall–Kier alpha value is -1.58. The van der Waals surface area contributed by atoms with Gasteiger partial charge in [-0.3, -0.25) is 0 Å². The molecule has 3 rings (SSSR count). The third kappa shape index (κ3) is 2.65. The Morgan fingerprint density at radius 2 is 2.20 bits per heavy atom. The minimum atomic E-state index is 0.187. The monoisotopic (exact) mass is 271 g/mol. The van der Waals surface area contributed by atoms with E-state index in [1.165, 1.54) is 17.5 Å². The zero-order valence-corrected chi connectivity index (χ0v) is 11.9. The summed E-state index contributed by atoms with van der Waals surface area (Å²) in [6, 6.07) is 10.6. The number of hydrogen-bond acceptors (Lipinski definition) is 3. The van der Waals surface area contributed by atoms with Crippen molar-refractivity contribution in [1.29, 1.82) is 0 Å². The second-order valence-corrected chi connectivity index (χ2v) is 5.39. The summed E-state index contributed by atoms with van der Waals surface area (Å²) in [4.78, 5) is 0. The van der Waals surface area contributed by atoms with Crippen LogP contribution in [0.2, 0.25) is 0 Å². The standard InChI is InChI=1S/C17H21NO2/c1-12-14(10-18)9-15(20-12)11-19-17-8-4-6-13-5-2-3-7-16(13)17/h2-3,5,7,9,17H,4,6,8,10-11,18H2,1H3. The molecular formula is C17H21NO2. The Bertz CT molecular complexity index is 588. The van der Waals surface area contributed by atoms with Crippen LogP contribution in [0.4, 0.5) is 0 Å². The van der Waals surface area contributed by atoms with Crippen LogP contribution in [0.3, 0.4) is 0 Å². The summed E-state index contributed by atoms with van der Waals surface area (Å²) in [5, 5.41) is 0. The predicted molar refractivity (Wildman–Crippen MR) is 78.2 cm³/mol. The van der Waals surface area contributed by atoms with Crippen molar-refractivity contribution in [2.45, 2.75) is 45.4 Å². The second kappa shape index (κ2) is 5.81. The van der Waals surface area contributed by atoms with E-state index >= 15 is 0 Å². The first kappa shape index (κ1) is 13.4. The van der Waals surface area contributed by atoms with E-state index in [0.29, 0.717) is 13.2 Å². The number of nitrogens with two attached hydrogens (primary N) is 1. The van der Waals surface area contributed by atoms with E-state index in [4.69, 9.17) is 14.9 Å². The molecule has 3 nitrogen and oxygen atoms in total. The fourth-order valence-electron chi connectivity index (χ4n) is 2.93. The maximum absolute atomic E-state index is 6.07. The van der Waals surface area contributed by atoms with E-state index in [1.807, 2.05) is 13.0 Å². The first-order valence-corrected chi connectivity index (χ1v) is 7.25. The van der Waals surface area contributed by atoms with Gasteiger partial charge in [-0.25, -0.2) is 0 Å². The number of ether oxygens (including phenoxy) is 1. The lowest BCUT2D eigenvalue weighted by Crippen LogP contribution is -2.12. The predicted octanol–water partition coefficient (Wildman–Crippen LogP) is 3.64. The highest BCUT2D eigenvalue weighted by Gasteiger charge is 2.20. The first-order chi connectivity index (χ1) is 9.78. The number of furan rings is 1. The molecule has 20 heavy (non-hydrogen) atoms. The normalized spacial score (nSPS) is 18.0. The van der Waals surface area contributed by atoms with Gasteiger partial charge in [-0.15, -0.1) is 0 Å². The zero-order valence-electron chi connectivity index (χ0n) is 11.9. The molecule has 2 N–H and O–H groups in total. The molecule has 1 atom stereocenters. The van der Waals surface area contributed by atoms with Gasteiger partial charge >= 0.3 is 0 Å². The van der Waals surface area contributed by atoms with Crippen LogP contribution in [0, 0.1) is 6.92 Å². The third-order valence-corrected chi connectivity index (χ3v) is 4.03. The lowest BCUT2D eigenvalue weighted by Gasteiger charge is -2.25. The van der Waals surface area contributed by atoms with Gasteiger partial charge in [0.25, 0.3) is 0 Å². The maximum Gasteiger partial charge on any atom is 0.130 e. The van der Waals surface area contributed by atoms with Gasteiger partial charge in [-0.1, -0.05) is 24.3 Å². The van der Waals surface area contributed by atoms with Crippen LogP contribution in [-0.2, 0) is 24.3 Å². The van der Waals surface area contributed by atoms with E-state index in [2.05, 4.69) is 24.3 Å². The highest BCUT2D eigenvalue weighted by Crippen LogP contribution is 2.33. The largest absolute Gasteiger partial charge is 0.464 e. The lowest BCUT2D eigenvalue weighted by atomic mass is 9.89. The van der Waals surface area contributed by atoms with Gasteiger partial charge in [0.15, 0.2) is 0 Å². The van der Waals surface area contributed by atoms with E-state index in [1.54, 1.807) is 0 Å². The Kier molecular flexibility index (Phi) is 3.90. The van der Waals surface area contributed by atoms with Crippen LogP contribution in [-0.4, -0.2) is 0 Å². The second-order valence-electron chi connectivity index (χ2n) is 5.39. The maximum atomic E-state index is 6.07. The molecule has 2 aromatic rings. The molecule has 0 radical (unpaired) electrons. The molecule has 1 aromatic carbocycles. The summed E-state index contributed by atoms with van der Waals surface area (Å²) in [6.07, 6.45) is 3.62. The van der Waals surface area contributed by atoms with Gasteiger partial charge < -0.3 is 14.9 Å². The summed E-state index contributed by atoms with van der Waals surface area (Å²) in [5.74, 6) is 1.76. The molecule has 0 saturated heterocycles. The van der Waals surface area contributed by atoms with Crippen LogP contribution in [0.5, 0.6) is 0 Å². The molecule has 0 saturated carbocycles. The SMILES string of the molecule is Cc1oc(COC2CCCc3ccccc32)cc1CN. The first-order valence-electron chi connectivity index (χ1n) is 7.25. The summed E-state index contributed by atoms with van der Waals surface area (Å²) < 4.78 is 11.8. The molecule has 106 valence electrons. The van der Waals surface area contributed by atoms with Crippen molar-refractivity contribution in [3.8, 4) is 0 Å². The summed E-state index contributed by atoms with van der Waals surface area (Å²) in [6.45, 7) is 2.98. The fourth-order valence-corrected chi connectivity index (χ4v) is 2.93. The third-order valence-electron chi connectivity index (χ3n) is 4.03. The van der Waals surface area contributed by atoms with E-state index < -0.39 is 0 Å². The topological polar surface area (TPSA) is 48.4 Å². The van der Waals surface area contributed by atoms with Gasteiger partial charge in [0.1, 0.15) is 18.1 Å². The van der Waals surface area contributed by atoms with E-state index in [0.717, 1.165) is 29.9 Å². The van der Waals surface area contributed by atoms with Crippen LogP contribution < -0.4 is 5.73 Å². The molecule has 1 heterocycles.